The van der Waals surface area contributed by atoms with Crippen LogP contribution in [0.2, 0.25) is 0 Å². The fourth-order valence-corrected chi connectivity index (χ4v) is 3.15. The Kier molecular flexibility index (Phi) is 4.87. The Labute approximate surface area is 146 Å². The number of likely N-dealkylation sites (tertiary alicyclic amines) is 1. The van der Waals surface area contributed by atoms with Crippen LogP contribution in [0.25, 0.3) is 0 Å². The third kappa shape index (κ3) is 3.89. The lowest BCUT2D eigenvalue weighted by Crippen LogP contribution is -2.29. The molecule has 0 spiro atoms. The van der Waals surface area contributed by atoms with Gasteiger partial charge in [-0.1, -0.05) is 0 Å². The number of nitrogens with one attached hydrogen (secondary N) is 1. The Morgan fingerprint density at radius 2 is 2.24 bits per heavy atom. The molecule has 0 radical (unpaired) electrons. The van der Waals surface area contributed by atoms with Crippen molar-refractivity contribution >= 4 is 11.9 Å². The van der Waals surface area contributed by atoms with Crippen molar-refractivity contribution in [3.05, 3.63) is 40.1 Å². The van der Waals surface area contributed by atoms with Gasteiger partial charge in [-0.15, -0.1) is 0 Å². The Morgan fingerprint density at radius 1 is 1.44 bits per heavy atom. The highest BCUT2D eigenvalue weighted by Gasteiger charge is 2.28. The summed E-state index contributed by atoms with van der Waals surface area (Å²) in [4.78, 5) is 35.2. The van der Waals surface area contributed by atoms with Gasteiger partial charge in [-0.05, 0) is 18.9 Å². The Hall–Kier alpha value is -2.64. The van der Waals surface area contributed by atoms with Crippen LogP contribution in [0.4, 0.5) is 5.95 Å². The number of hydrogen-bond donors (Lipinski definition) is 1. The first kappa shape index (κ1) is 17.2. The summed E-state index contributed by atoms with van der Waals surface area (Å²) in [6, 6.07) is 3.48. The Balaban J connectivity index is 1.62. The second-order valence-corrected chi connectivity index (χ2v) is 6.66. The number of carbonyl (C=O) groups excluding carboxylic acids is 1. The van der Waals surface area contributed by atoms with E-state index in [1.807, 2.05) is 32.1 Å². The number of nitrogens with zero attached hydrogens (tertiary/aromatic N) is 5. The summed E-state index contributed by atoms with van der Waals surface area (Å²) >= 11 is 0. The second kappa shape index (κ2) is 7.08. The molecule has 8 heteroatoms. The van der Waals surface area contributed by atoms with Crippen molar-refractivity contribution < 1.29 is 4.79 Å². The van der Waals surface area contributed by atoms with Gasteiger partial charge in [0.1, 0.15) is 0 Å². The highest BCUT2D eigenvalue weighted by molar-refractivity contribution is 5.76. The number of aryl methyl sites for hydroxylation is 2. The first-order valence-electron chi connectivity index (χ1n) is 8.47. The topological polar surface area (TPSA) is 87.1 Å². The van der Waals surface area contributed by atoms with Gasteiger partial charge in [-0.2, -0.15) is 5.10 Å². The van der Waals surface area contributed by atoms with E-state index < -0.39 is 0 Å². The van der Waals surface area contributed by atoms with Gasteiger partial charge >= 0.3 is 0 Å². The van der Waals surface area contributed by atoms with E-state index in [9.17, 15) is 9.59 Å². The molecule has 134 valence electrons. The van der Waals surface area contributed by atoms with Crippen LogP contribution in [0, 0.1) is 0 Å². The Bertz CT molecular complexity index is 809. The molecule has 1 unspecified atom stereocenters. The fraction of sp³-hybridized carbons (Fsp3) is 0.529. The number of anilines is 1. The highest BCUT2D eigenvalue weighted by atomic mass is 16.2. The van der Waals surface area contributed by atoms with Gasteiger partial charge in [0.2, 0.25) is 11.9 Å². The lowest BCUT2D eigenvalue weighted by Gasteiger charge is -2.17. The summed E-state index contributed by atoms with van der Waals surface area (Å²) < 4.78 is 1.79. The summed E-state index contributed by atoms with van der Waals surface area (Å²) in [6.45, 7) is 1.33. The molecule has 8 nitrogen and oxygen atoms in total. The third-order valence-electron chi connectivity index (χ3n) is 4.65. The Morgan fingerprint density at radius 3 is 2.92 bits per heavy atom. The van der Waals surface area contributed by atoms with Crippen molar-refractivity contribution in [1.29, 1.82) is 0 Å². The molecule has 1 N–H and O–H groups in total. The number of carbonyl (C=O) groups is 1. The van der Waals surface area contributed by atoms with Crippen LogP contribution >= 0.6 is 0 Å². The van der Waals surface area contributed by atoms with Crippen molar-refractivity contribution in [3.63, 3.8) is 0 Å². The number of aromatic amines is 1. The first-order chi connectivity index (χ1) is 11.9. The van der Waals surface area contributed by atoms with Gasteiger partial charge in [0.05, 0.1) is 5.69 Å². The zero-order valence-electron chi connectivity index (χ0n) is 14.9. The molecule has 1 fully saturated rings. The van der Waals surface area contributed by atoms with Crippen LogP contribution in [-0.2, 0) is 18.3 Å². The van der Waals surface area contributed by atoms with Crippen LogP contribution in [0.3, 0.4) is 0 Å². The molecule has 3 heterocycles. The van der Waals surface area contributed by atoms with Crippen molar-refractivity contribution in [2.24, 2.45) is 7.05 Å². The zero-order valence-corrected chi connectivity index (χ0v) is 14.9. The summed E-state index contributed by atoms with van der Waals surface area (Å²) in [5.74, 6) is 0.798. The average Bonchev–Trinajstić information content (AvgIpc) is 3.21. The maximum absolute atomic E-state index is 12.5. The number of hydrogen-bond acceptors (Lipinski definition) is 5. The molecule has 1 aliphatic heterocycles. The molecule has 1 saturated heterocycles. The van der Waals surface area contributed by atoms with Gasteiger partial charge in [-0.25, -0.2) is 4.98 Å². The molecule has 1 aliphatic rings. The molecule has 0 saturated carbocycles. The highest BCUT2D eigenvalue weighted by Crippen LogP contribution is 2.26. The lowest BCUT2D eigenvalue weighted by molar-refractivity contribution is -0.130. The van der Waals surface area contributed by atoms with Crippen molar-refractivity contribution in [3.8, 4) is 0 Å². The summed E-state index contributed by atoms with van der Waals surface area (Å²) in [5, 5.41) is 4.12. The van der Waals surface area contributed by atoms with E-state index in [0.29, 0.717) is 31.9 Å². The van der Waals surface area contributed by atoms with Crippen molar-refractivity contribution in [2.45, 2.75) is 25.2 Å². The summed E-state index contributed by atoms with van der Waals surface area (Å²) in [6.07, 6.45) is 3.73. The largest absolute Gasteiger partial charge is 0.348 e. The molecule has 2 aromatic rings. The van der Waals surface area contributed by atoms with Crippen LogP contribution in [0.15, 0.2) is 23.1 Å². The van der Waals surface area contributed by atoms with Gasteiger partial charge in [0, 0.05) is 64.5 Å². The number of amides is 1. The molecular weight excluding hydrogens is 320 g/mol. The minimum atomic E-state index is -0.158. The standard InChI is InChI=1S/C17H24N6O2/c1-21(2)17-19-14(10-15(24)20-17)12-7-9-23(11-12)16(25)5-4-13-6-8-18-22(13)3/h6,8,10,12H,4-5,7,9,11H2,1-3H3,(H,19,20,24). The smallest absolute Gasteiger partial charge is 0.252 e. The first-order valence-corrected chi connectivity index (χ1v) is 8.47. The molecule has 0 aromatic carbocycles. The van der Waals surface area contributed by atoms with E-state index in [0.717, 1.165) is 17.8 Å². The minimum absolute atomic E-state index is 0.113. The maximum atomic E-state index is 12.5. The third-order valence-corrected chi connectivity index (χ3v) is 4.65. The lowest BCUT2D eigenvalue weighted by atomic mass is 10.1. The summed E-state index contributed by atoms with van der Waals surface area (Å²) in [7, 11) is 5.56. The van der Waals surface area contributed by atoms with Gasteiger partial charge < -0.3 is 9.80 Å². The average molecular weight is 344 g/mol. The predicted octanol–water partition coefficient (Wildman–Crippen LogP) is 0.518. The zero-order chi connectivity index (χ0) is 18.0. The minimum Gasteiger partial charge on any atom is -0.348 e. The molecule has 0 aliphatic carbocycles. The van der Waals surface area contributed by atoms with Gasteiger partial charge in [-0.3, -0.25) is 19.3 Å². The van der Waals surface area contributed by atoms with Crippen LogP contribution in [0.5, 0.6) is 0 Å². The van der Waals surface area contributed by atoms with Gasteiger partial charge in [0.15, 0.2) is 0 Å². The molecule has 1 amide bonds. The number of aromatic nitrogens is 4. The van der Waals surface area contributed by atoms with E-state index in [1.54, 1.807) is 21.8 Å². The van der Waals surface area contributed by atoms with Crippen molar-refractivity contribution in [2.75, 3.05) is 32.1 Å². The van der Waals surface area contributed by atoms with Crippen LogP contribution in [-0.4, -0.2) is 57.7 Å². The predicted molar refractivity (Wildman–Crippen MR) is 94.7 cm³/mol. The monoisotopic (exact) mass is 344 g/mol. The SMILES string of the molecule is CN(C)c1nc(C2CCN(C(=O)CCc3ccnn3C)C2)cc(=O)[nH]1. The van der Waals surface area contributed by atoms with Crippen LogP contribution in [0.1, 0.15) is 30.1 Å². The fourth-order valence-electron chi connectivity index (χ4n) is 3.15. The maximum Gasteiger partial charge on any atom is 0.252 e. The van der Waals surface area contributed by atoms with E-state index in [1.165, 1.54) is 0 Å². The van der Waals surface area contributed by atoms with E-state index in [-0.39, 0.29) is 17.4 Å². The second-order valence-electron chi connectivity index (χ2n) is 6.66. The van der Waals surface area contributed by atoms with Gasteiger partial charge in [0.25, 0.3) is 5.56 Å². The molecule has 1 atom stereocenters. The normalized spacial score (nSPS) is 17.1. The molecule has 25 heavy (non-hydrogen) atoms. The summed E-state index contributed by atoms with van der Waals surface area (Å²) in [5.41, 5.74) is 1.65. The molecule has 3 rings (SSSR count). The molecule has 0 bridgehead atoms. The van der Waals surface area contributed by atoms with Crippen LogP contribution < -0.4 is 10.5 Å². The van der Waals surface area contributed by atoms with E-state index in [2.05, 4.69) is 15.1 Å². The molecular formula is C17H24N6O2. The van der Waals surface area contributed by atoms with E-state index >= 15 is 0 Å². The van der Waals surface area contributed by atoms with Crippen molar-refractivity contribution in [1.82, 2.24) is 24.6 Å². The quantitative estimate of drug-likeness (QED) is 0.854. The van der Waals surface area contributed by atoms with E-state index in [4.69, 9.17) is 0 Å². The molecule has 2 aromatic heterocycles. The number of rotatable bonds is 5. The number of H-pyrrole nitrogens is 1.